The molecule has 1 aromatic carbocycles. The molecule has 0 radical (unpaired) electrons. The van der Waals surface area contributed by atoms with Crippen LogP contribution in [-0.2, 0) is 6.54 Å². The van der Waals surface area contributed by atoms with Crippen molar-refractivity contribution in [3.63, 3.8) is 0 Å². The van der Waals surface area contributed by atoms with Gasteiger partial charge in [0.05, 0.1) is 0 Å². The number of anilines is 1. The van der Waals surface area contributed by atoms with Crippen molar-refractivity contribution in [2.75, 3.05) is 31.9 Å². The molecule has 5 nitrogen and oxygen atoms in total. The predicted molar refractivity (Wildman–Crippen MR) is 96.1 cm³/mol. The number of hydrogen-bond donors (Lipinski definition) is 1. The third-order valence-corrected chi connectivity index (χ3v) is 4.72. The summed E-state index contributed by atoms with van der Waals surface area (Å²) in [6, 6.07) is 7.78. The Hall–Kier alpha value is -1.63. The quantitative estimate of drug-likeness (QED) is 0.921. The number of piperazine rings is 1. The SMILES string of the molecule is Cc1ccc(C(=O)N2CCN(Cc3cnc(N)s3)CC2)cc1.Cl. The lowest BCUT2D eigenvalue weighted by Gasteiger charge is -2.34. The highest BCUT2D eigenvalue weighted by Crippen LogP contribution is 2.18. The number of nitrogens with two attached hydrogens (primary N) is 1. The van der Waals surface area contributed by atoms with Crippen LogP contribution < -0.4 is 5.73 Å². The molecule has 124 valence electrons. The number of hydrogen-bond acceptors (Lipinski definition) is 5. The predicted octanol–water partition coefficient (Wildman–Crippen LogP) is 2.41. The molecule has 3 rings (SSSR count). The number of aromatic nitrogens is 1. The Bertz CT molecular complexity index is 650. The van der Waals surface area contributed by atoms with Gasteiger partial charge in [-0.05, 0) is 19.1 Å². The Balaban J connectivity index is 0.00000192. The van der Waals surface area contributed by atoms with Gasteiger partial charge in [-0.15, -0.1) is 23.7 Å². The topological polar surface area (TPSA) is 62.5 Å². The lowest BCUT2D eigenvalue weighted by Crippen LogP contribution is -2.48. The number of benzene rings is 1. The summed E-state index contributed by atoms with van der Waals surface area (Å²) in [6.45, 7) is 6.19. The van der Waals surface area contributed by atoms with Gasteiger partial charge in [0.1, 0.15) is 0 Å². The third-order valence-electron chi connectivity index (χ3n) is 3.91. The molecule has 1 fully saturated rings. The van der Waals surface area contributed by atoms with Gasteiger partial charge in [-0.2, -0.15) is 0 Å². The van der Waals surface area contributed by atoms with Crippen LogP contribution in [0.5, 0.6) is 0 Å². The number of carbonyl (C=O) groups excluding carboxylic acids is 1. The molecule has 1 aromatic heterocycles. The van der Waals surface area contributed by atoms with E-state index >= 15 is 0 Å². The van der Waals surface area contributed by atoms with Crippen molar-refractivity contribution in [2.45, 2.75) is 13.5 Å². The van der Waals surface area contributed by atoms with Gasteiger partial charge in [0, 0.05) is 49.4 Å². The highest BCUT2D eigenvalue weighted by atomic mass is 35.5. The van der Waals surface area contributed by atoms with Crippen molar-refractivity contribution in [3.05, 3.63) is 46.5 Å². The molecular formula is C16H21ClN4OS. The lowest BCUT2D eigenvalue weighted by atomic mass is 10.1. The third kappa shape index (κ3) is 4.43. The number of nitrogen functional groups attached to an aromatic ring is 1. The van der Waals surface area contributed by atoms with Crippen LogP contribution >= 0.6 is 23.7 Å². The maximum Gasteiger partial charge on any atom is 0.253 e. The van der Waals surface area contributed by atoms with Gasteiger partial charge in [-0.25, -0.2) is 4.98 Å². The number of amides is 1. The van der Waals surface area contributed by atoms with Gasteiger partial charge in [0.25, 0.3) is 5.91 Å². The second kappa shape index (κ2) is 7.77. The maximum absolute atomic E-state index is 12.5. The minimum Gasteiger partial charge on any atom is -0.375 e. The average Bonchev–Trinajstić information content (AvgIpc) is 2.93. The van der Waals surface area contributed by atoms with Crippen molar-refractivity contribution in [1.82, 2.24) is 14.8 Å². The van der Waals surface area contributed by atoms with Crippen LogP contribution in [0.4, 0.5) is 5.13 Å². The number of halogens is 1. The smallest absolute Gasteiger partial charge is 0.253 e. The van der Waals surface area contributed by atoms with Crippen molar-refractivity contribution in [3.8, 4) is 0 Å². The van der Waals surface area contributed by atoms with Crippen LogP contribution in [0.2, 0.25) is 0 Å². The van der Waals surface area contributed by atoms with E-state index in [9.17, 15) is 4.79 Å². The Labute approximate surface area is 146 Å². The molecule has 0 bridgehead atoms. The second-order valence-electron chi connectivity index (χ2n) is 5.60. The molecule has 1 aliphatic heterocycles. The molecule has 0 unspecified atom stereocenters. The van der Waals surface area contributed by atoms with E-state index < -0.39 is 0 Å². The molecule has 2 heterocycles. The Morgan fingerprint density at radius 2 is 1.87 bits per heavy atom. The van der Waals surface area contributed by atoms with Crippen LogP contribution in [0, 0.1) is 6.92 Å². The molecule has 1 saturated heterocycles. The first-order valence-corrected chi connectivity index (χ1v) is 8.22. The molecule has 0 spiro atoms. The fraction of sp³-hybridized carbons (Fsp3) is 0.375. The normalized spacial score (nSPS) is 15.3. The molecular weight excluding hydrogens is 332 g/mol. The first-order chi connectivity index (χ1) is 10.6. The summed E-state index contributed by atoms with van der Waals surface area (Å²) in [5.74, 6) is 0.127. The van der Waals surface area contributed by atoms with E-state index in [1.165, 1.54) is 21.8 Å². The maximum atomic E-state index is 12.5. The number of thiazole rings is 1. The zero-order valence-corrected chi connectivity index (χ0v) is 14.7. The van der Waals surface area contributed by atoms with Crippen LogP contribution in [0.3, 0.4) is 0 Å². The number of nitrogens with zero attached hydrogens (tertiary/aromatic N) is 3. The molecule has 2 aromatic rings. The minimum atomic E-state index is 0. The fourth-order valence-corrected chi connectivity index (χ4v) is 3.33. The van der Waals surface area contributed by atoms with Crippen LogP contribution in [0.1, 0.15) is 20.8 Å². The fourth-order valence-electron chi connectivity index (χ4n) is 2.60. The summed E-state index contributed by atoms with van der Waals surface area (Å²) in [5.41, 5.74) is 7.60. The first kappa shape index (κ1) is 17.7. The van der Waals surface area contributed by atoms with Crippen molar-refractivity contribution in [2.24, 2.45) is 0 Å². The van der Waals surface area contributed by atoms with Gasteiger partial charge < -0.3 is 10.6 Å². The largest absolute Gasteiger partial charge is 0.375 e. The molecule has 0 atom stereocenters. The summed E-state index contributed by atoms with van der Waals surface area (Å²) < 4.78 is 0. The molecule has 7 heteroatoms. The number of aryl methyl sites for hydroxylation is 1. The van der Waals surface area contributed by atoms with Gasteiger partial charge in [-0.3, -0.25) is 9.69 Å². The van der Waals surface area contributed by atoms with Crippen LogP contribution in [-0.4, -0.2) is 46.9 Å². The Morgan fingerprint density at radius 1 is 1.22 bits per heavy atom. The number of rotatable bonds is 3. The average molecular weight is 353 g/mol. The molecule has 1 amide bonds. The Morgan fingerprint density at radius 3 is 2.43 bits per heavy atom. The van der Waals surface area contributed by atoms with Gasteiger partial charge in [0.2, 0.25) is 0 Å². The molecule has 2 N–H and O–H groups in total. The van der Waals surface area contributed by atoms with Crippen molar-refractivity contribution in [1.29, 1.82) is 0 Å². The van der Waals surface area contributed by atoms with Gasteiger partial charge >= 0.3 is 0 Å². The molecule has 0 saturated carbocycles. The Kier molecular flexibility index (Phi) is 5.98. The molecule has 23 heavy (non-hydrogen) atoms. The van der Waals surface area contributed by atoms with E-state index in [4.69, 9.17) is 5.73 Å². The summed E-state index contributed by atoms with van der Waals surface area (Å²) in [5, 5.41) is 0.614. The number of carbonyl (C=O) groups is 1. The summed E-state index contributed by atoms with van der Waals surface area (Å²) >= 11 is 1.53. The molecule has 1 aliphatic rings. The summed E-state index contributed by atoms with van der Waals surface area (Å²) in [4.78, 5) is 22.0. The standard InChI is InChI=1S/C16H20N4OS.ClH/c1-12-2-4-13(5-3-12)15(21)20-8-6-19(7-9-20)11-14-10-18-16(17)22-14;/h2-5,10H,6-9,11H2,1H3,(H2,17,18);1H. The van der Waals surface area contributed by atoms with E-state index in [0.717, 1.165) is 38.3 Å². The second-order valence-corrected chi connectivity index (χ2v) is 6.75. The first-order valence-electron chi connectivity index (χ1n) is 7.40. The van der Waals surface area contributed by atoms with E-state index in [0.29, 0.717) is 5.13 Å². The monoisotopic (exact) mass is 352 g/mol. The minimum absolute atomic E-state index is 0. The molecule has 0 aliphatic carbocycles. The highest BCUT2D eigenvalue weighted by Gasteiger charge is 2.22. The summed E-state index contributed by atoms with van der Waals surface area (Å²) in [7, 11) is 0. The highest BCUT2D eigenvalue weighted by molar-refractivity contribution is 7.15. The van der Waals surface area contributed by atoms with E-state index in [-0.39, 0.29) is 18.3 Å². The lowest BCUT2D eigenvalue weighted by molar-refractivity contribution is 0.0629. The van der Waals surface area contributed by atoms with Crippen molar-refractivity contribution < 1.29 is 4.79 Å². The van der Waals surface area contributed by atoms with E-state index in [1.54, 1.807) is 0 Å². The van der Waals surface area contributed by atoms with Crippen molar-refractivity contribution >= 4 is 34.8 Å². The van der Waals surface area contributed by atoms with Crippen LogP contribution in [0.25, 0.3) is 0 Å². The van der Waals surface area contributed by atoms with E-state index in [1.807, 2.05) is 42.3 Å². The zero-order valence-electron chi connectivity index (χ0n) is 13.1. The summed E-state index contributed by atoms with van der Waals surface area (Å²) in [6.07, 6.45) is 1.84. The van der Waals surface area contributed by atoms with Gasteiger partial charge in [0.15, 0.2) is 5.13 Å². The van der Waals surface area contributed by atoms with Crippen LogP contribution in [0.15, 0.2) is 30.5 Å². The zero-order chi connectivity index (χ0) is 15.5. The van der Waals surface area contributed by atoms with E-state index in [2.05, 4.69) is 9.88 Å². The van der Waals surface area contributed by atoms with Gasteiger partial charge in [-0.1, -0.05) is 17.7 Å².